The molecule has 0 saturated carbocycles. The SMILES string of the molecule is O=[SH](=O)OCO[SH](=O)=O. The first kappa shape index (κ1) is 8.82. The highest BCUT2D eigenvalue weighted by Crippen LogP contribution is 1.75. The van der Waals surface area contributed by atoms with E-state index in [9.17, 15) is 16.8 Å². The van der Waals surface area contributed by atoms with Crippen molar-refractivity contribution in [2.45, 2.75) is 0 Å². The van der Waals surface area contributed by atoms with Crippen molar-refractivity contribution in [1.29, 1.82) is 0 Å². The topological polar surface area (TPSA) is 86.7 Å². The number of hydrogen-bond donors (Lipinski definition) is 2. The molecule has 0 aliphatic heterocycles. The molecule has 0 saturated heterocycles. The minimum Gasteiger partial charge on any atom is -0.242 e. The third-order valence-corrected chi connectivity index (χ3v) is 0.949. The van der Waals surface area contributed by atoms with Gasteiger partial charge in [0.15, 0.2) is 6.79 Å². The molecule has 0 aliphatic carbocycles. The Morgan fingerprint density at radius 1 is 0.889 bits per heavy atom. The minimum atomic E-state index is -3.02. The fourth-order valence-corrected chi connectivity index (χ4v) is 0.470. The maximum Gasteiger partial charge on any atom is 0.259 e. The Hall–Kier alpha value is -0.180. The molecule has 0 aromatic rings. The van der Waals surface area contributed by atoms with Gasteiger partial charge in [0.1, 0.15) is 0 Å². The number of hydrogen-bond acceptors (Lipinski definition) is 6. The van der Waals surface area contributed by atoms with E-state index in [2.05, 4.69) is 8.37 Å². The van der Waals surface area contributed by atoms with E-state index in [1.165, 1.54) is 0 Å². The fraction of sp³-hybridized carbons (Fsp3) is 1.00. The van der Waals surface area contributed by atoms with Gasteiger partial charge in [-0.15, -0.1) is 0 Å². The zero-order chi connectivity index (χ0) is 7.28. The summed E-state index contributed by atoms with van der Waals surface area (Å²) in [4.78, 5) is 0. The fourth-order valence-electron chi connectivity index (χ4n) is 0.110. The Balaban J connectivity index is 3.31. The molecule has 0 aliphatic rings. The molecule has 56 valence electrons. The largest absolute Gasteiger partial charge is 0.259 e. The van der Waals surface area contributed by atoms with Crippen LogP contribution in [0.15, 0.2) is 0 Å². The van der Waals surface area contributed by atoms with Gasteiger partial charge in [-0.25, -0.2) is 25.2 Å². The van der Waals surface area contributed by atoms with Crippen LogP contribution in [0.5, 0.6) is 0 Å². The van der Waals surface area contributed by atoms with Crippen LogP contribution in [-0.2, 0) is 30.3 Å². The molecule has 0 bridgehead atoms. The molecular weight excluding hydrogens is 172 g/mol. The Labute approximate surface area is 54.7 Å². The first-order valence-electron chi connectivity index (χ1n) is 1.67. The molecule has 0 heterocycles. The molecular formula is CH4O6S2. The van der Waals surface area contributed by atoms with Crippen molar-refractivity contribution >= 4 is 22.0 Å². The van der Waals surface area contributed by atoms with E-state index < -0.39 is 28.8 Å². The molecule has 0 unspecified atom stereocenters. The van der Waals surface area contributed by atoms with E-state index >= 15 is 0 Å². The van der Waals surface area contributed by atoms with Crippen LogP contribution in [0.2, 0.25) is 0 Å². The zero-order valence-corrected chi connectivity index (χ0v) is 5.84. The van der Waals surface area contributed by atoms with Gasteiger partial charge in [-0.1, -0.05) is 0 Å². The Morgan fingerprint density at radius 2 is 1.22 bits per heavy atom. The molecule has 0 rings (SSSR count). The first-order chi connectivity index (χ1) is 4.13. The van der Waals surface area contributed by atoms with Crippen molar-refractivity contribution in [2.75, 3.05) is 6.79 Å². The van der Waals surface area contributed by atoms with Gasteiger partial charge in [0, 0.05) is 0 Å². The van der Waals surface area contributed by atoms with Crippen LogP contribution in [0.25, 0.3) is 0 Å². The standard InChI is InChI=1S/CH4O6S2/c2-8(3)6-1-7-9(4)5/h8-9H,1H2. The maximum absolute atomic E-state index is 9.52. The van der Waals surface area contributed by atoms with Gasteiger partial charge in [0.05, 0.1) is 0 Å². The summed E-state index contributed by atoms with van der Waals surface area (Å²) in [6.07, 6.45) is 0. The van der Waals surface area contributed by atoms with Crippen molar-refractivity contribution in [3.05, 3.63) is 0 Å². The lowest BCUT2D eigenvalue weighted by atomic mass is 11.6. The summed E-state index contributed by atoms with van der Waals surface area (Å²) in [5, 5.41) is 0. The van der Waals surface area contributed by atoms with Crippen LogP contribution in [0.4, 0.5) is 0 Å². The molecule has 6 nitrogen and oxygen atoms in total. The lowest BCUT2D eigenvalue weighted by Gasteiger charge is -1.87. The van der Waals surface area contributed by atoms with Crippen molar-refractivity contribution in [3.8, 4) is 0 Å². The second kappa shape index (κ2) is 4.68. The quantitative estimate of drug-likeness (QED) is 0.381. The monoisotopic (exact) mass is 176 g/mol. The molecule has 0 spiro atoms. The van der Waals surface area contributed by atoms with Crippen LogP contribution in [-0.4, -0.2) is 23.6 Å². The molecule has 0 aromatic heterocycles. The molecule has 0 aromatic carbocycles. The molecule has 0 atom stereocenters. The molecule has 0 N–H and O–H groups in total. The Bertz CT molecular complexity index is 161. The normalized spacial score (nSPS) is 10.9. The second-order valence-electron chi connectivity index (χ2n) is 0.823. The third kappa shape index (κ3) is 7.82. The highest BCUT2D eigenvalue weighted by atomic mass is 32.2. The van der Waals surface area contributed by atoms with Crippen molar-refractivity contribution in [2.24, 2.45) is 0 Å². The summed E-state index contributed by atoms with van der Waals surface area (Å²) in [6.45, 7) is -0.780. The van der Waals surface area contributed by atoms with Gasteiger partial charge in [0.25, 0.3) is 22.0 Å². The minimum absolute atomic E-state index is 0.780. The Morgan fingerprint density at radius 3 is 1.44 bits per heavy atom. The van der Waals surface area contributed by atoms with Crippen LogP contribution in [0.1, 0.15) is 0 Å². The summed E-state index contributed by atoms with van der Waals surface area (Å²) in [5.41, 5.74) is 0. The lowest BCUT2D eigenvalue weighted by Crippen LogP contribution is -1.96. The summed E-state index contributed by atoms with van der Waals surface area (Å²) in [5.74, 6) is 0. The zero-order valence-electron chi connectivity index (χ0n) is 4.05. The average Bonchev–Trinajstić information content (AvgIpc) is 1.63. The summed E-state index contributed by atoms with van der Waals surface area (Å²) in [6, 6.07) is 0. The number of rotatable bonds is 4. The van der Waals surface area contributed by atoms with Crippen LogP contribution < -0.4 is 0 Å². The molecule has 0 radical (unpaired) electrons. The average molecular weight is 176 g/mol. The van der Waals surface area contributed by atoms with Crippen molar-refractivity contribution in [1.82, 2.24) is 0 Å². The molecule has 9 heavy (non-hydrogen) atoms. The van der Waals surface area contributed by atoms with E-state index in [1.54, 1.807) is 0 Å². The van der Waals surface area contributed by atoms with Gasteiger partial charge in [-0.2, -0.15) is 0 Å². The van der Waals surface area contributed by atoms with E-state index in [-0.39, 0.29) is 0 Å². The van der Waals surface area contributed by atoms with Crippen LogP contribution in [0, 0.1) is 0 Å². The summed E-state index contributed by atoms with van der Waals surface area (Å²) < 4.78 is 45.5. The van der Waals surface area contributed by atoms with Crippen molar-refractivity contribution in [3.63, 3.8) is 0 Å². The van der Waals surface area contributed by atoms with E-state index in [0.717, 1.165) is 0 Å². The van der Waals surface area contributed by atoms with Crippen molar-refractivity contribution < 1.29 is 25.2 Å². The lowest BCUT2D eigenvalue weighted by molar-refractivity contribution is 0.143. The molecule has 8 heteroatoms. The van der Waals surface area contributed by atoms with E-state index in [0.29, 0.717) is 0 Å². The van der Waals surface area contributed by atoms with Gasteiger partial charge in [0.2, 0.25) is 0 Å². The second-order valence-corrected chi connectivity index (χ2v) is 2.23. The van der Waals surface area contributed by atoms with E-state index in [1.807, 2.05) is 0 Å². The highest BCUT2D eigenvalue weighted by Gasteiger charge is 1.86. The predicted molar refractivity (Wildman–Crippen MR) is 27.7 cm³/mol. The van der Waals surface area contributed by atoms with Gasteiger partial charge in [-0.3, -0.25) is 0 Å². The summed E-state index contributed by atoms with van der Waals surface area (Å²) in [7, 11) is -6.05. The summed E-state index contributed by atoms with van der Waals surface area (Å²) >= 11 is 0. The predicted octanol–water partition coefficient (Wildman–Crippen LogP) is -1.97. The number of thiol groups is 2. The van der Waals surface area contributed by atoms with Crippen LogP contribution in [0.3, 0.4) is 0 Å². The molecule has 0 fully saturated rings. The van der Waals surface area contributed by atoms with Crippen LogP contribution >= 0.6 is 0 Å². The third-order valence-electron chi connectivity index (χ3n) is 0.316. The van der Waals surface area contributed by atoms with Gasteiger partial charge in [-0.05, 0) is 0 Å². The smallest absolute Gasteiger partial charge is 0.242 e. The highest BCUT2D eigenvalue weighted by molar-refractivity contribution is 7.67. The van der Waals surface area contributed by atoms with Gasteiger partial charge < -0.3 is 0 Å². The van der Waals surface area contributed by atoms with Gasteiger partial charge >= 0.3 is 0 Å². The maximum atomic E-state index is 9.52. The van der Waals surface area contributed by atoms with E-state index in [4.69, 9.17) is 0 Å². The Kier molecular flexibility index (Phi) is 4.58. The first-order valence-corrected chi connectivity index (χ1v) is 3.86. The molecule has 0 amide bonds.